The quantitative estimate of drug-likeness (QED) is 0.532. The number of alkyl halides is 3. The van der Waals surface area contributed by atoms with Gasteiger partial charge in [0.25, 0.3) is 5.91 Å². The first-order valence-corrected chi connectivity index (χ1v) is 8.17. The van der Waals surface area contributed by atoms with E-state index in [-0.39, 0.29) is 29.1 Å². The number of hydrogen-bond donors (Lipinski definition) is 3. The standard InChI is InChI=1S/C19H18F3N3O3/c1-11-6-5-7-13(17(11)27)18(28)25-24-12(2)10-16(26)23-15-9-4-3-8-14(15)19(20,21)22/h3-9,27H,10H2,1-2H3,(H,23,26)(H,25,28)/b24-12+. The smallest absolute Gasteiger partial charge is 0.418 e. The summed E-state index contributed by atoms with van der Waals surface area (Å²) >= 11 is 0. The van der Waals surface area contributed by atoms with Crippen LogP contribution in [0.4, 0.5) is 18.9 Å². The molecule has 0 unspecified atom stereocenters. The third-order valence-electron chi connectivity index (χ3n) is 3.75. The largest absolute Gasteiger partial charge is 0.507 e. The van der Waals surface area contributed by atoms with Crippen molar-refractivity contribution in [2.24, 2.45) is 5.10 Å². The number of hydrogen-bond acceptors (Lipinski definition) is 4. The molecule has 0 fully saturated rings. The maximum absolute atomic E-state index is 13.0. The first-order chi connectivity index (χ1) is 13.1. The summed E-state index contributed by atoms with van der Waals surface area (Å²) in [4.78, 5) is 24.1. The fourth-order valence-electron chi connectivity index (χ4n) is 2.35. The Morgan fingerprint density at radius 2 is 1.79 bits per heavy atom. The van der Waals surface area contributed by atoms with Crippen LogP contribution in [0.3, 0.4) is 0 Å². The van der Waals surface area contributed by atoms with Crippen LogP contribution in [0, 0.1) is 6.92 Å². The first-order valence-electron chi connectivity index (χ1n) is 8.17. The van der Waals surface area contributed by atoms with Crippen molar-refractivity contribution in [3.8, 4) is 5.75 Å². The maximum Gasteiger partial charge on any atom is 0.418 e. The summed E-state index contributed by atoms with van der Waals surface area (Å²) in [7, 11) is 0. The lowest BCUT2D eigenvalue weighted by atomic mass is 10.1. The van der Waals surface area contributed by atoms with Crippen LogP contribution < -0.4 is 10.7 Å². The minimum Gasteiger partial charge on any atom is -0.507 e. The molecule has 0 aliphatic rings. The fraction of sp³-hybridized carbons (Fsp3) is 0.211. The second kappa shape index (κ2) is 8.55. The number of phenolic OH excluding ortho intramolecular Hbond substituents is 1. The highest BCUT2D eigenvalue weighted by Crippen LogP contribution is 2.34. The molecule has 2 amide bonds. The number of benzene rings is 2. The number of nitrogens with one attached hydrogen (secondary N) is 2. The molecule has 3 N–H and O–H groups in total. The maximum atomic E-state index is 13.0. The second-order valence-electron chi connectivity index (χ2n) is 6.03. The fourth-order valence-corrected chi connectivity index (χ4v) is 2.35. The van der Waals surface area contributed by atoms with Gasteiger partial charge in [0.15, 0.2) is 0 Å². The molecule has 28 heavy (non-hydrogen) atoms. The van der Waals surface area contributed by atoms with Gasteiger partial charge in [-0.3, -0.25) is 9.59 Å². The molecular weight excluding hydrogens is 375 g/mol. The number of aromatic hydroxyl groups is 1. The van der Waals surface area contributed by atoms with Crippen molar-refractivity contribution in [3.05, 3.63) is 59.2 Å². The molecule has 0 aliphatic carbocycles. The van der Waals surface area contributed by atoms with E-state index in [0.717, 1.165) is 12.1 Å². The van der Waals surface area contributed by atoms with E-state index < -0.39 is 23.6 Å². The summed E-state index contributed by atoms with van der Waals surface area (Å²) in [5, 5.41) is 15.8. The van der Waals surface area contributed by atoms with Gasteiger partial charge < -0.3 is 10.4 Å². The number of para-hydroxylation sites is 2. The van der Waals surface area contributed by atoms with E-state index in [1.807, 2.05) is 0 Å². The molecule has 0 spiro atoms. The van der Waals surface area contributed by atoms with E-state index >= 15 is 0 Å². The zero-order valence-corrected chi connectivity index (χ0v) is 15.1. The lowest BCUT2D eigenvalue weighted by Crippen LogP contribution is -2.22. The van der Waals surface area contributed by atoms with Gasteiger partial charge in [-0.05, 0) is 37.6 Å². The number of amides is 2. The number of halogens is 3. The van der Waals surface area contributed by atoms with Crippen molar-refractivity contribution in [2.45, 2.75) is 26.4 Å². The topological polar surface area (TPSA) is 90.8 Å². The van der Waals surface area contributed by atoms with Gasteiger partial charge >= 0.3 is 6.18 Å². The number of hydrazone groups is 1. The van der Waals surface area contributed by atoms with Crippen molar-refractivity contribution in [2.75, 3.05) is 5.32 Å². The van der Waals surface area contributed by atoms with E-state index in [1.54, 1.807) is 19.1 Å². The average molecular weight is 393 g/mol. The molecule has 0 aromatic heterocycles. The second-order valence-corrected chi connectivity index (χ2v) is 6.03. The predicted octanol–water partition coefficient (Wildman–Crippen LogP) is 3.85. The third kappa shape index (κ3) is 5.32. The summed E-state index contributed by atoms with van der Waals surface area (Å²) in [6, 6.07) is 9.24. The van der Waals surface area contributed by atoms with Crippen molar-refractivity contribution in [3.63, 3.8) is 0 Å². The first kappa shape index (κ1) is 20.9. The normalized spacial score (nSPS) is 11.8. The van der Waals surface area contributed by atoms with E-state index in [1.165, 1.54) is 25.1 Å². The SMILES string of the molecule is C/C(CC(=O)Nc1ccccc1C(F)(F)F)=N\NC(=O)c1cccc(C)c1O. The van der Waals surface area contributed by atoms with Gasteiger partial charge in [0, 0.05) is 5.71 Å². The third-order valence-corrected chi connectivity index (χ3v) is 3.75. The van der Waals surface area contributed by atoms with Crippen LogP contribution >= 0.6 is 0 Å². The zero-order chi connectivity index (χ0) is 20.9. The van der Waals surface area contributed by atoms with Gasteiger partial charge in [0.05, 0.1) is 23.2 Å². The molecule has 6 nitrogen and oxygen atoms in total. The van der Waals surface area contributed by atoms with Gasteiger partial charge in [-0.2, -0.15) is 18.3 Å². The number of nitrogens with zero attached hydrogens (tertiary/aromatic N) is 1. The summed E-state index contributed by atoms with van der Waals surface area (Å²) < 4.78 is 38.9. The molecule has 2 aromatic carbocycles. The minimum absolute atomic E-state index is 0.0140. The van der Waals surface area contributed by atoms with Crippen LogP contribution in [0.5, 0.6) is 5.75 Å². The molecule has 2 aromatic rings. The molecule has 0 bridgehead atoms. The molecule has 2 rings (SSSR count). The monoisotopic (exact) mass is 393 g/mol. The molecule has 0 saturated carbocycles. The molecule has 0 atom stereocenters. The van der Waals surface area contributed by atoms with E-state index in [9.17, 15) is 27.9 Å². The van der Waals surface area contributed by atoms with Gasteiger partial charge in [-0.25, -0.2) is 5.43 Å². The molecule has 0 aliphatic heterocycles. The highest BCUT2D eigenvalue weighted by molar-refractivity contribution is 6.06. The van der Waals surface area contributed by atoms with E-state index in [0.29, 0.717) is 5.56 Å². The number of anilines is 1. The Balaban J connectivity index is 2.01. The number of aryl methyl sites for hydroxylation is 1. The molecule has 0 radical (unpaired) electrons. The van der Waals surface area contributed by atoms with Crippen LogP contribution in [0.15, 0.2) is 47.6 Å². The van der Waals surface area contributed by atoms with Gasteiger partial charge in [0.1, 0.15) is 5.75 Å². The molecule has 0 heterocycles. The van der Waals surface area contributed by atoms with E-state index in [4.69, 9.17) is 0 Å². The van der Waals surface area contributed by atoms with Gasteiger partial charge in [-0.1, -0.05) is 24.3 Å². The Morgan fingerprint density at radius 1 is 1.11 bits per heavy atom. The molecule has 0 saturated heterocycles. The van der Waals surface area contributed by atoms with Crippen molar-refractivity contribution in [1.82, 2.24) is 5.43 Å². The minimum atomic E-state index is -4.60. The lowest BCUT2D eigenvalue weighted by Gasteiger charge is -2.13. The summed E-state index contributed by atoms with van der Waals surface area (Å²) in [5.41, 5.74) is 1.58. The predicted molar refractivity (Wildman–Crippen MR) is 98.1 cm³/mol. The molecule has 9 heteroatoms. The molecule has 148 valence electrons. The van der Waals surface area contributed by atoms with Crippen molar-refractivity contribution >= 4 is 23.2 Å². The summed E-state index contributed by atoms with van der Waals surface area (Å²) in [6.45, 7) is 3.06. The average Bonchev–Trinajstić information content (AvgIpc) is 2.61. The highest BCUT2D eigenvalue weighted by atomic mass is 19.4. The van der Waals surface area contributed by atoms with Crippen LogP contribution in [-0.2, 0) is 11.0 Å². The Labute approximate surface area is 159 Å². The van der Waals surface area contributed by atoms with Crippen molar-refractivity contribution < 1.29 is 27.9 Å². The lowest BCUT2D eigenvalue weighted by molar-refractivity contribution is -0.137. The van der Waals surface area contributed by atoms with Crippen LogP contribution in [0.2, 0.25) is 0 Å². The van der Waals surface area contributed by atoms with Crippen molar-refractivity contribution in [1.29, 1.82) is 0 Å². The Hall–Kier alpha value is -3.36. The number of carbonyl (C=O) groups is 2. The van der Waals surface area contributed by atoms with Crippen LogP contribution in [0.25, 0.3) is 0 Å². The number of carbonyl (C=O) groups excluding carboxylic acids is 2. The van der Waals surface area contributed by atoms with E-state index in [2.05, 4.69) is 15.8 Å². The summed E-state index contributed by atoms with van der Waals surface area (Å²) in [5.74, 6) is -1.58. The van der Waals surface area contributed by atoms with Gasteiger partial charge in [0.2, 0.25) is 5.91 Å². The highest BCUT2D eigenvalue weighted by Gasteiger charge is 2.33. The Kier molecular flexibility index (Phi) is 6.40. The Morgan fingerprint density at radius 3 is 2.46 bits per heavy atom. The van der Waals surface area contributed by atoms with Crippen LogP contribution in [-0.4, -0.2) is 22.6 Å². The van der Waals surface area contributed by atoms with Crippen LogP contribution in [0.1, 0.15) is 34.8 Å². The number of phenols is 1. The summed E-state index contributed by atoms with van der Waals surface area (Å²) in [6.07, 6.45) is -4.93. The van der Waals surface area contributed by atoms with Gasteiger partial charge in [-0.15, -0.1) is 0 Å². The Bertz CT molecular complexity index is 924. The number of rotatable bonds is 5. The zero-order valence-electron chi connectivity index (χ0n) is 15.1. The molecular formula is C19H18F3N3O3.